The zero-order valence-electron chi connectivity index (χ0n) is 14.3. The molecular formula is C20H20N2O2S2. The standard InChI is InChI=1S/C20H20N2O2S2/c23-26(24,14-12-16-7-2-1-3-8-16)22-13-6-9-17(15-22)20-21-18-10-4-5-11-19(18)25-20/h1-5,7-8,10-12,14,17H,6,9,13,15H2. The van der Waals surface area contributed by atoms with Gasteiger partial charge in [0.2, 0.25) is 10.0 Å². The zero-order valence-corrected chi connectivity index (χ0v) is 15.9. The average Bonchev–Trinajstić information content (AvgIpc) is 3.12. The first-order valence-corrected chi connectivity index (χ1v) is 11.0. The largest absolute Gasteiger partial charge is 0.241 e. The van der Waals surface area contributed by atoms with Crippen molar-refractivity contribution in [1.82, 2.24) is 9.29 Å². The molecule has 3 aromatic rings. The van der Waals surface area contributed by atoms with Crippen molar-refractivity contribution in [1.29, 1.82) is 0 Å². The van der Waals surface area contributed by atoms with Gasteiger partial charge in [0.05, 0.1) is 15.2 Å². The van der Waals surface area contributed by atoms with Crippen molar-refractivity contribution in [3.63, 3.8) is 0 Å². The van der Waals surface area contributed by atoms with Crippen LogP contribution in [0.25, 0.3) is 16.3 Å². The van der Waals surface area contributed by atoms with E-state index in [0.717, 1.165) is 33.6 Å². The topological polar surface area (TPSA) is 50.3 Å². The summed E-state index contributed by atoms with van der Waals surface area (Å²) < 4.78 is 28.2. The van der Waals surface area contributed by atoms with Crippen LogP contribution in [0.4, 0.5) is 0 Å². The van der Waals surface area contributed by atoms with Crippen molar-refractivity contribution in [3.05, 3.63) is 70.6 Å². The van der Waals surface area contributed by atoms with Crippen LogP contribution in [-0.4, -0.2) is 30.8 Å². The fraction of sp³-hybridized carbons (Fsp3) is 0.250. The molecule has 1 fully saturated rings. The lowest BCUT2D eigenvalue weighted by atomic mass is 10.0. The number of aromatic nitrogens is 1. The van der Waals surface area contributed by atoms with Gasteiger partial charge in [0.1, 0.15) is 0 Å². The second-order valence-electron chi connectivity index (χ2n) is 6.48. The second-order valence-corrected chi connectivity index (χ2v) is 9.36. The third-order valence-corrected chi connectivity index (χ3v) is 7.37. The number of para-hydroxylation sites is 1. The van der Waals surface area contributed by atoms with Gasteiger partial charge in [-0.2, -0.15) is 4.31 Å². The van der Waals surface area contributed by atoms with Crippen LogP contribution in [-0.2, 0) is 10.0 Å². The molecule has 0 aliphatic carbocycles. The first-order chi connectivity index (χ1) is 12.6. The van der Waals surface area contributed by atoms with Crippen LogP contribution in [0.15, 0.2) is 60.0 Å². The summed E-state index contributed by atoms with van der Waals surface area (Å²) in [5.74, 6) is 0.168. The molecule has 4 nitrogen and oxygen atoms in total. The Labute approximate surface area is 157 Å². The molecule has 0 saturated carbocycles. The zero-order chi connectivity index (χ0) is 18.0. The molecule has 4 rings (SSSR count). The van der Waals surface area contributed by atoms with Crippen molar-refractivity contribution in [2.45, 2.75) is 18.8 Å². The van der Waals surface area contributed by atoms with Crippen LogP contribution >= 0.6 is 11.3 Å². The number of benzene rings is 2. The quantitative estimate of drug-likeness (QED) is 0.666. The molecular weight excluding hydrogens is 364 g/mol. The van der Waals surface area contributed by atoms with Crippen molar-refractivity contribution in [2.75, 3.05) is 13.1 Å². The molecule has 2 aromatic carbocycles. The lowest BCUT2D eigenvalue weighted by molar-refractivity contribution is 0.318. The molecule has 26 heavy (non-hydrogen) atoms. The maximum Gasteiger partial charge on any atom is 0.236 e. The Morgan fingerprint density at radius 2 is 1.85 bits per heavy atom. The number of hydrogen-bond acceptors (Lipinski definition) is 4. The number of fused-ring (bicyclic) bond motifs is 1. The van der Waals surface area contributed by atoms with Gasteiger partial charge >= 0.3 is 0 Å². The Morgan fingerprint density at radius 3 is 2.65 bits per heavy atom. The molecule has 1 atom stereocenters. The van der Waals surface area contributed by atoms with Crippen LogP contribution in [0, 0.1) is 0 Å². The van der Waals surface area contributed by atoms with Crippen LogP contribution in [0.2, 0.25) is 0 Å². The van der Waals surface area contributed by atoms with Crippen LogP contribution < -0.4 is 0 Å². The molecule has 0 amide bonds. The van der Waals surface area contributed by atoms with Crippen LogP contribution in [0.3, 0.4) is 0 Å². The summed E-state index contributed by atoms with van der Waals surface area (Å²) in [5, 5.41) is 2.36. The molecule has 0 bridgehead atoms. The Bertz CT molecular complexity index is 993. The smallest absolute Gasteiger partial charge is 0.236 e. The predicted molar refractivity (Wildman–Crippen MR) is 108 cm³/mol. The summed E-state index contributed by atoms with van der Waals surface area (Å²) in [6.07, 6.45) is 3.50. The molecule has 0 spiro atoms. The van der Waals surface area contributed by atoms with E-state index in [-0.39, 0.29) is 5.92 Å². The fourth-order valence-corrected chi connectivity index (χ4v) is 5.62. The van der Waals surface area contributed by atoms with Gasteiger partial charge in [-0.15, -0.1) is 11.3 Å². The van der Waals surface area contributed by atoms with E-state index < -0.39 is 10.0 Å². The molecule has 0 radical (unpaired) electrons. The Balaban J connectivity index is 1.53. The highest BCUT2D eigenvalue weighted by Gasteiger charge is 2.29. The van der Waals surface area contributed by atoms with Crippen molar-refractivity contribution in [2.24, 2.45) is 0 Å². The summed E-state index contributed by atoms with van der Waals surface area (Å²) in [6.45, 7) is 1.07. The van der Waals surface area contributed by atoms with E-state index >= 15 is 0 Å². The van der Waals surface area contributed by atoms with Crippen LogP contribution in [0.5, 0.6) is 0 Å². The number of piperidine rings is 1. The summed E-state index contributed by atoms with van der Waals surface area (Å²) in [7, 11) is -3.42. The molecule has 1 aromatic heterocycles. The summed E-state index contributed by atoms with van der Waals surface area (Å²) in [6, 6.07) is 17.6. The Morgan fingerprint density at radius 1 is 1.08 bits per heavy atom. The molecule has 134 valence electrons. The predicted octanol–water partition coefficient (Wildman–Crippen LogP) is 4.48. The summed E-state index contributed by atoms with van der Waals surface area (Å²) in [5.41, 5.74) is 1.88. The third-order valence-electron chi connectivity index (χ3n) is 4.64. The molecule has 6 heteroatoms. The van der Waals surface area contributed by atoms with Gasteiger partial charge in [-0.3, -0.25) is 0 Å². The minimum atomic E-state index is -3.42. The van der Waals surface area contributed by atoms with Crippen molar-refractivity contribution < 1.29 is 8.42 Å². The van der Waals surface area contributed by atoms with E-state index in [1.807, 2.05) is 48.5 Å². The summed E-state index contributed by atoms with van der Waals surface area (Å²) in [4.78, 5) is 4.73. The minimum absolute atomic E-state index is 0.168. The molecule has 2 heterocycles. The number of hydrogen-bond donors (Lipinski definition) is 0. The number of sulfonamides is 1. The monoisotopic (exact) mass is 384 g/mol. The SMILES string of the molecule is O=S(=O)(C=Cc1ccccc1)N1CCCC(c2nc3ccccc3s2)C1. The first kappa shape index (κ1) is 17.4. The number of rotatable bonds is 4. The van der Waals surface area contributed by atoms with Gasteiger partial charge in [-0.05, 0) is 36.6 Å². The number of thiazole rings is 1. The van der Waals surface area contributed by atoms with Gasteiger partial charge in [-0.25, -0.2) is 13.4 Å². The highest BCUT2D eigenvalue weighted by Crippen LogP contribution is 2.33. The highest BCUT2D eigenvalue weighted by molar-refractivity contribution is 7.92. The minimum Gasteiger partial charge on any atom is -0.241 e. The normalized spacial score (nSPS) is 19.3. The van der Waals surface area contributed by atoms with Gasteiger partial charge in [0, 0.05) is 24.4 Å². The lowest BCUT2D eigenvalue weighted by Gasteiger charge is -2.29. The maximum atomic E-state index is 12.7. The van der Waals surface area contributed by atoms with Gasteiger partial charge in [-0.1, -0.05) is 42.5 Å². The Kier molecular flexibility index (Phi) is 4.89. The van der Waals surface area contributed by atoms with E-state index in [1.165, 1.54) is 5.41 Å². The number of nitrogens with zero attached hydrogens (tertiary/aromatic N) is 2. The lowest BCUT2D eigenvalue weighted by Crippen LogP contribution is -2.37. The highest BCUT2D eigenvalue weighted by atomic mass is 32.2. The fourth-order valence-electron chi connectivity index (χ4n) is 3.25. The molecule has 1 aliphatic heterocycles. The molecule has 0 N–H and O–H groups in total. The average molecular weight is 385 g/mol. The molecule has 1 unspecified atom stereocenters. The maximum absolute atomic E-state index is 12.7. The third kappa shape index (κ3) is 3.72. The Hall–Kier alpha value is -2.02. The van der Waals surface area contributed by atoms with Crippen molar-refractivity contribution >= 4 is 37.7 Å². The summed E-state index contributed by atoms with van der Waals surface area (Å²) >= 11 is 1.68. The van der Waals surface area contributed by atoms with E-state index in [2.05, 4.69) is 6.07 Å². The second kappa shape index (κ2) is 7.31. The first-order valence-electron chi connectivity index (χ1n) is 8.70. The van der Waals surface area contributed by atoms with Crippen LogP contribution in [0.1, 0.15) is 29.3 Å². The van der Waals surface area contributed by atoms with E-state index in [1.54, 1.807) is 21.7 Å². The van der Waals surface area contributed by atoms with E-state index in [0.29, 0.717) is 13.1 Å². The van der Waals surface area contributed by atoms with E-state index in [9.17, 15) is 8.42 Å². The van der Waals surface area contributed by atoms with Crippen molar-refractivity contribution in [3.8, 4) is 0 Å². The molecule has 1 aliphatic rings. The van der Waals surface area contributed by atoms with E-state index in [4.69, 9.17) is 4.98 Å². The van der Waals surface area contributed by atoms with Gasteiger partial charge < -0.3 is 0 Å². The van der Waals surface area contributed by atoms with Gasteiger partial charge in [0.25, 0.3) is 0 Å². The van der Waals surface area contributed by atoms with Gasteiger partial charge in [0.15, 0.2) is 0 Å². The molecule has 1 saturated heterocycles.